The number of phosphoric ester groups is 1. The molecule has 0 saturated carbocycles. The Morgan fingerprint density at radius 1 is 1.04 bits per heavy atom. The normalized spacial score (nSPS) is 13.4. The van der Waals surface area contributed by atoms with E-state index in [9.17, 15) is 9.36 Å². The van der Waals surface area contributed by atoms with E-state index in [1.165, 1.54) is 0 Å². The number of hydrogen-bond acceptors (Lipinski definition) is 4. The smallest absolute Gasteiger partial charge is 0.462 e. The molecular formula is C19H39NO6P+. The van der Waals surface area contributed by atoms with Crippen molar-refractivity contribution in [3.8, 4) is 0 Å². The fraction of sp³-hybridized carbons (Fsp3) is 0.842. The highest BCUT2D eigenvalue weighted by Crippen LogP contribution is 2.36. The molecule has 0 aliphatic carbocycles. The lowest BCUT2D eigenvalue weighted by molar-refractivity contribution is -0.952. The molecule has 7 nitrogen and oxygen atoms in total. The summed E-state index contributed by atoms with van der Waals surface area (Å²) in [6.45, 7) is 15.2. The average Bonchev–Trinajstić information content (AvgIpc) is 2.56. The molecular weight excluding hydrogens is 369 g/mol. The molecule has 0 aromatic heterocycles. The highest BCUT2D eigenvalue weighted by atomic mass is 31.2. The number of esters is 1. The number of carbonyl (C=O) groups is 1. The van der Waals surface area contributed by atoms with Crippen molar-refractivity contribution in [1.82, 2.24) is 0 Å². The standard InChI is InChI=1S/C19H38NO6P/c1-6-12-20(13-7-2,14-8-3)18(10-9-15-26-27(22,23)24)11-16-25-19(21)17(4)5/h18H,4,6-16H2,1-3,5H3,(H-,22,23,24)/p+1. The van der Waals surface area contributed by atoms with Gasteiger partial charge in [-0.2, -0.15) is 0 Å². The number of rotatable bonds is 16. The van der Waals surface area contributed by atoms with Crippen molar-refractivity contribution in [2.45, 2.75) is 72.3 Å². The van der Waals surface area contributed by atoms with Gasteiger partial charge < -0.3 is 19.0 Å². The topological polar surface area (TPSA) is 93.1 Å². The van der Waals surface area contributed by atoms with E-state index in [1.807, 2.05) is 0 Å². The molecule has 0 bridgehead atoms. The van der Waals surface area contributed by atoms with Crippen LogP contribution in [0.25, 0.3) is 0 Å². The molecule has 0 rings (SSSR count). The zero-order valence-corrected chi connectivity index (χ0v) is 18.4. The summed E-state index contributed by atoms with van der Waals surface area (Å²) in [6.07, 6.45) is 5.21. The molecule has 0 amide bonds. The minimum absolute atomic E-state index is 0.0245. The second-order valence-electron chi connectivity index (χ2n) is 7.21. The van der Waals surface area contributed by atoms with Crippen molar-refractivity contribution in [1.29, 1.82) is 0 Å². The van der Waals surface area contributed by atoms with E-state index in [-0.39, 0.29) is 18.6 Å². The third kappa shape index (κ3) is 11.0. The SMILES string of the molecule is C=C(C)C(=O)OCCC(CCCOP(=O)(O)O)[N+](CCC)(CCC)CCC. The Balaban J connectivity index is 5.14. The van der Waals surface area contributed by atoms with Crippen LogP contribution < -0.4 is 0 Å². The third-order valence-electron chi connectivity index (χ3n) is 4.76. The summed E-state index contributed by atoms with van der Waals surface area (Å²) in [7, 11) is -4.43. The highest BCUT2D eigenvalue weighted by molar-refractivity contribution is 7.46. The fourth-order valence-corrected chi connectivity index (χ4v) is 4.19. The Morgan fingerprint density at radius 2 is 1.56 bits per heavy atom. The van der Waals surface area contributed by atoms with Crippen LogP contribution >= 0.6 is 7.82 Å². The van der Waals surface area contributed by atoms with Crippen molar-refractivity contribution in [3.05, 3.63) is 12.2 Å². The Kier molecular flexibility index (Phi) is 13.1. The lowest BCUT2D eigenvalue weighted by Gasteiger charge is -2.45. The van der Waals surface area contributed by atoms with Gasteiger partial charge in [0.25, 0.3) is 0 Å². The van der Waals surface area contributed by atoms with E-state index in [4.69, 9.17) is 14.5 Å². The number of carbonyl (C=O) groups excluding carboxylic acids is 1. The first-order chi connectivity index (χ1) is 12.6. The number of quaternary nitrogens is 1. The summed E-state index contributed by atoms with van der Waals surface area (Å²) in [5.74, 6) is -0.377. The van der Waals surface area contributed by atoms with Gasteiger partial charge in [-0.05, 0) is 32.6 Å². The minimum atomic E-state index is -4.43. The van der Waals surface area contributed by atoms with Gasteiger partial charge in [-0.25, -0.2) is 9.36 Å². The van der Waals surface area contributed by atoms with Gasteiger partial charge >= 0.3 is 13.8 Å². The lowest BCUT2D eigenvalue weighted by atomic mass is 10.0. The van der Waals surface area contributed by atoms with Gasteiger partial charge in [0.15, 0.2) is 0 Å². The van der Waals surface area contributed by atoms with E-state index in [1.54, 1.807) is 6.92 Å². The molecule has 0 aliphatic heterocycles. The summed E-state index contributed by atoms with van der Waals surface area (Å²) in [5, 5.41) is 0. The van der Waals surface area contributed by atoms with Gasteiger partial charge in [0.1, 0.15) is 0 Å². The zero-order chi connectivity index (χ0) is 20.9. The monoisotopic (exact) mass is 408 g/mol. The molecule has 27 heavy (non-hydrogen) atoms. The van der Waals surface area contributed by atoms with Crippen LogP contribution in [0.1, 0.15) is 66.2 Å². The van der Waals surface area contributed by atoms with Crippen LogP contribution in [0.4, 0.5) is 0 Å². The van der Waals surface area contributed by atoms with Crippen LogP contribution in [-0.2, 0) is 18.6 Å². The quantitative estimate of drug-likeness (QED) is 0.133. The molecule has 1 atom stereocenters. The van der Waals surface area contributed by atoms with Crippen LogP contribution in [-0.4, -0.2) is 59.1 Å². The van der Waals surface area contributed by atoms with E-state index in [0.717, 1.165) is 56.2 Å². The summed E-state index contributed by atoms with van der Waals surface area (Å²) < 4.78 is 21.8. The number of phosphoric acid groups is 1. The number of ether oxygens (including phenoxy) is 1. The molecule has 0 spiro atoms. The van der Waals surface area contributed by atoms with Gasteiger partial charge in [-0.15, -0.1) is 0 Å². The molecule has 0 fully saturated rings. The highest BCUT2D eigenvalue weighted by Gasteiger charge is 2.34. The predicted octanol–water partition coefficient (Wildman–Crippen LogP) is 3.80. The molecule has 0 aromatic rings. The summed E-state index contributed by atoms with van der Waals surface area (Å²) in [6, 6.07) is 0.253. The van der Waals surface area contributed by atoms with Crippen molar-refractivity contribution in [3.63, 3.8) is 0 Å². The van der Waals surface area contributed by atoms with Crippen LogP contribution in [0.15, 0.2) is 12.2 Å². The molecule has 0 radical (unpaired) electrons. The Morgan fingerprint density at radius 3 is 1.96 bits per heavy atom. The molecule has 1 unspecified atom stereocenters. The first kappa shape index (κ1) is 26.3. The molecule has 0 heterocycles. The summed E-state index contributed by atoms with van der Waals surface area (Å²) >= 11 is 0. The van der Waals surface area contributed by atoms with Gasteiger partial charge in [0.2, 0.25) is 0 Å². The molecule has 0 saturated heterocycles. The Bertz CT molecular complexity index is 474. The molecule has 8 heteroatoms. The summed E-state index contributed by atoms with van der Waals surface area (Å²) in [4.78, 5) is 29.4. The van der Waals surface area contributed by atoms with E-state index in [2.05, 4.69) is 31.9 Å². The fourth-order valence-electron chi connectivity index (χ4n) is 3.82. The van der Waals surface area contributed by atoms with Crippen molar-refractivity contribution in [2.24, 2.45) is 0 Å². The largest absolute Gasteiger partial charge is 0.469 e. The van der Waals surface area contributed by atoms with Crippen molar-refractivity contribution >= 4 is 13.8 Å². The van der Waals surface area contributed by atoms with E-state index >= 15 is 0 Å². The maximum Gasteiger partial charge on any atom is 0.469 e. The zero-order valence-electron chi connectivity index (χ0n) is 17.5. The van der Waals surface area contributed by atoms with Crippen molar-refractivity contribution in [2.75, 3.05) is 32.8 Å². The number of hydrogen-bond donors (Lipinski definition) is 2. The third-order valence-corrected chi connectivity index (χ3v) is 5.27. The minimum Gasteiger partial charge on any atom is -0.462 e. The second kappa shape index (κ2) is 13.5. The maximum atomic E-state index is 11.7. The first-order valence-electron chi connectivity index (χ1n) is 10.00. The van der Waals surface area contributed by atoms with Crippen LogP contribution in [0.5, 0.6) is 0 Å². The van der Waals surface area contributed by atoms with E-state index < -0.39 is 7.82 Å². The average molecular weight is 408 g/mol. The van der Waals surface area contributed by atoms with E-state index in [0.29, 0.717) is 18.6 Å². The van der Waals surface area contributed by atoms with Gasteiger partial charge in [-0.1, -0.05) is 27.4 Å². The van der Waals surface area contributed by atoms with Gasteiger partial charge in [0, 0.05) is 18.4 Å². The van der Waals surface area contributed by atoms with Crippen molar-refractivity contribution < 1.29 is 32.9 Å². The Labute approximate surface area is 164 Å². The summed E-state index contributed by atoms with van der Waals surface area (Å²) in [5.41, 5.74) is 0.387. The number of nitrogens with zero attached hydrogens (tertiary/aromatic N) is 1. The molecule has 2 N–H and O–H groups in total. The predicted molar refractivity (Wildman–Crippen MR) is 107 cm³/mol. The molecule has 0 aliphatic rings. The lowest BCUT2D eigenvalue weighted by Crippen LogP contribution is -2.57. The molecule has 0 aromatic carbocycles. The molecule has 160 valence electrons. The second-order valence-corrected chi connectivity index (χ2v) is 8.45. The van der Waals surface area contributed by atoms with Crippen LogP contribution in [0.2, 0.25) is 0 Å². The first-order valence-corrected chi connectivity index (χ1v) is 11.5. The van der Waals surface area contributed by atoms with Crippen LogP contribution in [0.3, 0.4) is 0 Å². The Hall–Kier alpha value is -0.720. The van der Waals surface area contributed by atoms with Gasteiger partial charge in [0.05, 0.1) is 38.9 Å². The van der Waals surface area contributed by atoms with Gasteiger partial charge in [-0.3, -0.25) is 4.52 Å². The maximum absolute atomic E-state index is 11.7. The van der Waals surface area contributed by atoms with Crippen LogP contribution in [0, 0.1) is 0 Å².